The number of hydrogen-bond donors (Lipinski definition) is 0. The molecule has 1 aliphatic rings. The first-order valence-electron chi connectivity index (χ1n) is 8.85. The second-order valence-corrected chi connectivity index (χ2v) is 8.31. The van der Waals surface area contributed by atoms with Crippen LogP contribution < -0.4 is 4.74 Å². The number of piperazine rings is 1. The Balaban J connectivity index is 1.67. The quantitative estimate of drug-likeness (QED) is 0.765. The third-order valence-corrected chi connectivity index (χ3v) is 6.68. The average Bonchev–Trinajstić information content (AvgIpc) is 3.01. The van der Waals surface area contributed by atoms with Crippen LogP contribution in [0.2, 0.25) is 0 Å². The Morgan fingerprint density at radius 1 is 1.15 bits per heavy atom. The first-order chi connectivity index (χ1) is 12.8. The van der Waals surface area contributed by atoms with E-state index in [1.807, 2.05) is 13.8 Å². The number of carbonyl (C=O) groups excluding carboxylic acids is 1. The summed E-state index contributed by atoms with van der Waals surface area (Å²) in [5, 5.41) is 4.10. The maximum Gasteiger partial charge on any atom is 0.257 e. The van der Waals surface area contributed by atoms with E-state index >= 15 is 0 Å². The predicted octanol–water partition coefficient (Wildman–Crippen LogP) is 1.27. The van der Waals surface area contributed by atoms with Gasteiger partial charge in [-0.2, -0.15) is 9.40 Å². The molecule has 0 radical (unpaired) electrons. The molecule has 1 aromatic carbocycles. The van der Waals surface area contributed by atoms with Crippen molar-refractivity contribution in [2.45, 2.75) is 18.7 Å². The standard InChI is InChI=1S/C18H24N4O4S/c1-4-26-15-5-7-16(8-6-15)27(24,25)22-11-9-21(10-12-22)18(23)17-13-19-20(3)14(17)2/h5-8,13H,4,9-12H2,1-3H3. The molecule has 0 atom stereocenters. The van der Waals surface area contributed by atoms with Crippen molar-refractivity contribution in [3.63, 3.8) is 0 Å². The number of aryl methyl sites for hydroxylation is 1. The highest BCUT2D eigenvalue weighted by atomic mass is 32.2. The molecule has 0 spiro atoms. The van der Waals surface area contributed by atoms with Gasteiger partial charge in [-0.05, 0) is 38.1 Å². The highest BCUT2D eigenvalue weighted by Crippen LogP contribution is 2.21. The van der Waals surface area contributed by atoms with E-state index in [4.69, 9.17) is 4.74 Å². The molecule has 0 aliphatic carbocycles. The highest BCUT2D eigenvalue weighted by Gasteiger charge is 2.31. The van der Waals surface area contributed by atoms with E-state index in [9.17, 15) is 13.2 Å². The number of ether oxygens (including phenoxy) is 1. The summed E-state index contributed by atoms with van der Waals surface area (Å²) >= 11 is 0. The molecule has 27 heavy (non-hydrogen) atoms. The second kappa shape index (κ2) is 7.69. The van der Waals surface area contributed by atoms with Gasteiger partial charge in [0.15, 0.2) is 0 Å². The first-order valence-corrected chi connectivity index (χ1v) is 10.3. The minimum atomic E-state index is -3.59. The zero-order valence-corrected chi connectivity index (χ0v) is 16.6. The minimum absolute atomic E-state index is 0.112. The molecule has 9 heteroatoms. The van der Waals surface area contributed by atoms with Crippen LogP contribution in [0.3, 0.4) is 0 Å². The molecule has 1 aromatic heterocycles. The van der Waals surface area contributed by atoms with Gasteiger partial charge < -0.3 is 9.64 Å². The number of nitrogens with zero attached hydrogens (tertiary/aromatic N) is 4. The van der Waals surface area contributed by atoms with Crippen molar-refractivity contribution in [3.05, 3.63) is 41.7 Å². The number of aromatic nitrogens is 2. The molecule has 1 fully saturated rings. The van der Waals surface area contributed by atoms with Crippen LogP contribution >= 0.6 is 0 Å². The largest absolute Gasteiger partial charge is 0.494 e. The Labute approximate surface area is 159 Å². The fourth-order valence-corrected chi connectivity index (χ4v) is 4.46. The van der Waals surface area contributed by atoms with Crippen LogP contribution in [0.1, 0.15) is 23.0 Å². The Hall–Kier alpha value is -2.39. The van der Waals surface area contributed by atoms with E-state index in [2.05, 4.69) is 5.10 Å². The molecule has 1 aliphatic heterocycles. The molecule has 0 N–H and O–H groups in total. The molecule has 146 valence electrons. The van der Waals surface area contributed by atoms with Crippen LogP contribution in [-0.4, -0.2) is 66.1 Å². The van der Waals surface area contributed by atoms with Gasteiger partial charge >= 0.3 is 0 Å². The third-order valence-electron chi connectivity index (χ3n) is 4.76. The van der Waals surface area contributed by atoms with Gasteiger partial charge in [-0.1, -0.05) is 0 Å². The van der Waals surface area contributed by atoms with Gasteiger partial charge in [-0.25, -0.2) is 8.42 Å². The number of rotatable bonds is 5. The Kier molecular flexibility index (Phi) is 5.52. The molecular weight excluding hydrogens is 368 g/mol. The van der Waals surface area contributed by atoms with E-state index in [0.29, 0.717) is 31.0 Å². The number of carbonyl (C=O) groups is 1. The van der Waals surface area contributed by atoms with Gasteiger partial charge in [0.25, 0.3) is 5.91 Å². The molecule has 1 amide bonds. The fourth-order valence-electron chi connectivity index (χ4n) is 3.03. The van der Waals surface area contributed by atoms with Gasteiger partial charge in [0, 0.05) is 38.9 Å². The van der Waals surface area contributed by atoms with E-state index in [1.54, 1.807) is 47.1 Å². The molecule has 0 saturated carbocycles. The molecular formula is C18H24N4O4S. The van der Waals surface area contributed by atoms with Crippen LogP contribution in [0.4, 0.5) is 0 Å². The molecule has 2 aromatic rings. The topological polar surface area (TPSA) is 84.7 Å². The Morgan fingerprint density at radius 3 is 2.30 bits per heavy atom. The SMILES string of the molecule is CCOc1ccc(S(=O)(=O)N2CCN(C(=O)c3cnn(C)c3C)CC2)cc1. The van der Waals surface area contributed by atoms with Crippen molar-refractivity contribution in [2.75, 3.05) is 32.8 Å². The maximum absolute atomic E-state index is 12.8. The van der Waals surface area contributed by atoms with Gasteiger partial charge in [0.05, 0.1) is 23.3 Å². The smallest absolute Gasteiger partial charge is 0.257 e. The summed E-state index contributed by atoms with van der Waals surface area (Å²) in [7, 11) is -1.80. The number of hydrogen-bond acceptors (Lipinski definition) is 5. The lowest BCUT2D eigenvalue weighted by molar-refractivity contribution is 0.0697. The van der Waals surface area contributed by atoms with Crippen molar-refractivity contribution >= 4 is 15.9 Å². The summed E-state index contributed by atoms with van der Waals surface area (Å²) in [6, 6.07) is 6.41. The fraction of sp³-hybridized carbons (Fsp3) is 0.444. The van der Waals surface area contributed by atoms with E-state index < -0.39 is 10.0 Å². The number of sulfonamides is 1. The minimum Gasteiger partial charge on any atom is -0.494 e. The third kappa shape index (κ3) is 3.84. The summed E-state index contributed by atoms with van der Waals surface area (Å²) in [6.45, 7) is 5.47. The van der Waals surface area contributed by atoms with Crippen LogP contribution in [0.25, 0.3) is 0 Å². The average molecular weight is 392 g/mol. The number of benzene rings is 1. The van der Waals surface area contributed by atoms with Crippen molar-refractivity contribution < 1.29 is 17.9 Å². The molecule has 0 unspecified atom stereocenters. The highest BCUT2D eigenvalue weighted by molar-refractivity contribution is 7.89. The Morgan fingerprint density at radius 2 is 1.78 bits per heavy atom. The second-order valence-electron chi connectivity index (χ2n) is 6.37. The molecule has 3 rings (SSSR count). The van der Waals surface area contributed by atoms with E-state index in [0.717, 1.165) is 5.69 Å². The first kappa shape index (κ1) is 19.4. The summed E-state index contributed by atoms with van der Waals surface area (Å²) in [6.07, 6.45) is 1.56. The van der Waals surface area contributed by atoms with Gasteiger partial charge in [0.1, 0.15) is 5.75 Å². The molecule has 2 heterocycles. The van der Waals surface area contributed by atoms with Crippen LogP contribution in [0, 0.1) is 6.92 Å². The summed E-state index contributed by atoms with van der Waals surface area (Å²) in [5.74, 6) is 0.525. The van der Waals surface area contributed by atoms with E-state index in [1.165, 1.54) is 4.31 Å². The summed E-state index contributed by atoms with van der Waals surface area (Å²) in [5.41, 5.74) is 1.35. The monoisotopic (exact) mass is 392 g/mol. The summed E-state index contributed by atoms with van der Waals surface area (Å²) in [4.78, 5) is 14.6. The van der Waals surface area contributed by atoms with E-state index in [-0.39, 0.29) is 23.9 Å². The summed E-state index contributed by atoms with van der Waals surface area (Å²) < 4.78 is 34.1. The van der Waals surface area contributed by atoms with Crippen LogP contribution in [0.15, 0.2) is 35.4 Å². The zero-order chi connectivity index (χ0) is 19.6. The predicted molar refractivity (Wildman–Crippen MR) is 100 cm³/mol. The van der Waals surface area contributed by atoms with Crippen LogP contribution in [-0.2, 0) is 17.1 Å². The van der Waals surface area contributed by atoms with Crippen molar-refractivity contribution in [3.8, 4) is 5.75 Å². The molecule has 8 nitrogen and oxygen atoms in total. The maximum atomic E-state index is 12.8. The van der Waals surface area contributed by atoms with Gasteiger partial charge in [-0.15, -0.1) is 0 Å². The lowest BCUT2D eigenvalue weighted by Gasteiger charge is -2.34. The zero-order valence-electron chi connectivity index (χ0n) is 15.8. The van der Waals surface area contributed by atoms with Crippen molar-refractivity contribution in [2.24, 2.45) is 7.05 Å². The normalized spacial score (nSPS) is 15.7. The number of amides is 1. The Bertz CT molecular complexity index is 913. The van der Waals surface area contributed by atoms with Crippen LogP contribution in [0.5, 0.6) is 5.75 Å². The van der Waals surface area contributed by atoms with Crippen molar-refractivity contribution in [1.29, 1.82) is 0 Å². The molecule has 1 saturated heterocycles. The molecule has 0 bridgehead atoms. The lowest BCUT2D eigenvalue weighted by atomic mass is 10.2. The lowest BCUT2D eigenvalue weighted by Crippen LogP contribution is -2.50. The van der Waals surface area contributed by atoms with Crippen molar-refractivity contribution in [1.82, 2.24) is 19.0 Å². The van der Waals surface area contributed by atoms with Gasteiger partial charge in [0.2, 0.25) is 10.0 Å². The van der Waals surface area contributed by atoms with Gasteiger partial charge in [-0.3, -0.25) is 9.48 Å².